The molecule has 170 valence electrons. The highest BCUT2D eigenvalue weighted by Crippen LogP contribution is 2.32. The second kappa shape index (κ2) is 10.4. The molecule has 33 heavy (non-hydrogen) atoms. The number of nitrogens with one attached hydrogen (secondary N) is 1. The number of pyridine rings is 1. The second-order valence-corrected chi connectivity index (χ2v) is 8.83. The van der Waals surface area contributed by atoms with Crippen LogP contribution in [0.3, 0.4) is 0 Å². The second-order valence-electron chi connectivity index (χ2n) is 8.83. The molecule has 5 nitrogen and oxygen atoms in total. The summed E-state index contributed by atoms with van der Waals surface area (Å²) in [4.78, 5) is 33.8. The van der Waals surface area contributed by atoms with Crippen molar-refractivity contribution in [2.45, 2.75) is 58.0 Å². The molecule has 0 spiro atoms. The summed E-state index contributed by atoms with van der Waals surface area (Å²) in [6.45, 7) is 3.99. The Labute approximate surface area is 195 Å². The fourth-order valence-electron chi connectivity index (χ4n) is 4.61. The maximum Gasteiger partial charge on any atom is 0.259 e. The number of anilines is 1. The minimum absolute atomic E-state index is 0.130. The summed E-state index contributed by atoms with van der Waals surface area (Å²) in [6, 6.07) is 19.8. The Balaban J connectivity index is 1.81. The van der Waals surface area contributed by atoms with Crippen LogP contribution in [0.5, 0.6) is 0 Å². The van der Waals surface area contributed by atoms with E-state index < -0.39 is 6.04 Å². The Hall–Kier alpha value is -3.47. The van der Waals surface area contributed by atoms with Crippen LogP contribution in [0.1, 0.15) is 65.3 Å². The van der Waals surface area contributed by atoms with Crippen molar-refractivity contribution in [3.05, 3.63) is 95.3 Å². The molecular formula is C28H31N3O2. The van der Waals surface area contributed by atoms with Gasteiger partial charge in [-0.3, -0.25) is 19.5 Å². The average Bonchev–Trinajstić information content (AvgIpc) is 2.84. The zero-order valence-electron chi connectivity index (χ0n) is 19.3. The number of benzene rings is 2. The van der Waals surface area contributed by atoms with Gasteiger partial charge < -0.3 is 5.32 Å². The van der Waals surface area contributed by atoms with Gasteiger partial charge in [-0.1, -0.05) is 61.2 Å². The molecular weight excluding hydrogens is 410 g/mol. The first-order valence-corrected chi connectivity index (χ1v) is 11.7. The first-order valence-electron chi connectivity index (χ1n) is 11.7. The molecule has 1 saturated carbocycles. The standard InChI is InChI=1S/C28H31N3O2/c1-20-16-17-25(21(2)19-20)31(28(33)22-11-5-3-6-12-22)26(24-15-9-10-18-29-24)27(32)30-23-13-7-4-8-14-23/h3,5-6,9-12,15-19,23,26H,4,7-8,13-14H2,1-2H3,(H,30,32). The van der Waals surface area contributed by atoms with E-state index >= 15 is 0 Å². The zero-order valence-corrected chi connectivity index (χ0v) is 19.3. The summed E-state index contributed by atoms with van der Waals surface area (Å²) in [7, 11) is 0. The minimum atomic E-state index is -0.873. The number of hydrogen-bond donors (Lipinski definition) is 1. The van der Waals surface area contributed by atoms with Crippen molar-refractivity contribution in [1.82, 2.24) is 10.3 Å². The van der Waals surface area contributed by atoms with Crippen LogP contribution in [0.15, 0.2) is 72.9 Å². The van der Waals surface area contributed by atoms with E-state index in [0.29, 0.717) is 16.9 Å². The lowest BCUT2D eigenvalue weighted by Gasteiger charge is -2.33. The van der Waals surface area contributed by atoms with Crippen molar-refractivity contribution in [1.29, 1.82) is 0 Å². The molecule has 0 bridgehead atoms. The van der Waals surface area contributed by atoms with Gasteiger partial charge in [-0.25, -0.2) is 0 Å². The highest BCUT2D eigenvalue weighted by Gasteiger charge is 2.36. The Morgan fingerprint density at radius 2 is 1.67 bits per heavy atom. The van der Waals surface area contributed by atoms with Crippen molar-refractivity contribution in [3.8, 4) is 0 Å². The van der Waals surface area contributed by atoms with Crippen LogP contribution in [0.2, 0.25) is 0 Å². The molecule has 1 unspecified atom stereocenters. The molecule has 1 atom stereocenters. The molecule has 1 N–H and O–H groups in total. The van der Waals surface area contributed by atoms with Gasteiger partial charge in [0.15, 0.2) is 6.04 Å². The number of nitrogens with zero attached hydrogens (tertiary/aromatic N) is 2. The molecule has 1 aliphatic carbocycles. The number of carbonyl (C=O) groups excluding carboxylic acids is 2. The van der Waals surface area contributed by atoms with Crippen molar-refractivity contribution in [2.24, 2.45) is 0 Å². The highest BCUT2D eigenvalue weighted by molar-refractivity contribution is 6.10. The monoisotopic (exact) mass is 441 g/mol. The number of carbonyl (C=O) groups is 2. The van der Waals surface area contributed by atoms with E-state index in [1.807, 2.05) is 68.4 Å². The lowest BCUT2D eigenvalue weighted by molar-refractivity contribution is -0.123. The average molecular weight is 442 g/mol. The van der Waals surface area contributed by atoms with Gasteiger partial charge >= 0.3 is 0 Å². The molecule has 5 heteroatoms. The molecule has 0 radical (unpaired) electrons. The van der Waals surface area contributed by atoms with Gasteiger partial charge in [0.2, 0.25) is 5.91 Å². The number of amides is 2. The lowest BCUT2D eigenvalue weighted by atomic mass is 9.95. The van der Waals surface area contributed by atoms with E-state index in [0.717, 1.165) is 36.8 Å². The van der Waals surface area contributed by atoms with Crippen LogP contribution >= 0.6 is 0 Å². The van der Waals surface area contributed by atoms with Gasteiger partial charge in [0.25, 0.3) is 5.91 Å². The maximum atomic E-state index is 13.9. The van der Waals surface area contributed by atoms with Crippen LogP contribution in [0, 0.1) is 13.8 Å². The van der Waals surface area contributed by atoms with Gasteiger partial charge in [0.1, 0.15) is 0 Å². The summed E-state index contributed by atoms with van der Waals surface area (Å²) in [5.41, 5.74) is 3.83. The van der Waals surface area contributed by atoms with E-state index in [1.165, 1.54) is 6.42 Å². The molecule has 0 aliphatic heterocycles. The van der Waals surface area contributed by atoms with Gasteiger partial charge in [0, 0.05) is 23.5 Å². The molecule has 1 aromatic heterocycles. The molecule has 1 fully saturated rings. The van der Waals surface area contributed by atoms with E-state index in [4.69, 9.17) is 0 Å². The maximum absolute atomic E-state index is 13.9. The third-order valence-electron chi connectivity index (χ3n) is 6.28. The molecule has 1 heterocycles. The third-order valence-corrected chi connectivity index (χ3v) is 6.28. The molecule has 0 saturated heterocycles. The minimum Gasteiger partial charge on any atom is -0.351 e. The quantitative estimate of drug-likeness (QED) is 0.547. The Kier molecular flexibility index (Phi) is 7.18. The normalized spacial score (nSPS) is 15.0. The lowest BCUT2D eigenvalue weighted by Crippen LogP contribution is -2.47. The smallest absolute Gasteiger partial charge is 0.259 e. The molecule has 4 rings (SSSR count). The van der Waals surface area contributed by atoms with E-state index in [1.54, 1.807) is 23.2 Å². The summed E-state index contributed by atoms with van der Waals surface area (Å²) in [6.07, 6.45) is 7.04. The molecule has 1 aliphatic rings. The SMILES string of the molecule is Cc1ccc(N(C(=O)c2ccccc2)C(C(=O)NC2CCCCC2)c2ccccn2)c(C)c1. The van der Waals surface area contributed by atoms with Crippen LogP contribution in [0.4, 0.5) is 5.69 Å². The van der Waals surface area contributed by atoms with Gasteiger partial charge in [0.05, 0.1) is 5.69 Å². The topological polar surface area (TPSA) is 62.3 Å². The zero-order chi connectivity index (χ0) is 23.2. The van der Waals surface area contributed by atoms with Crippen LogP contribution in [-0.2, 0) is 4.79 Å². The van der Waals surface area contributed by atoms with Gasteiger partial charge in [-0.2, -0.15) is 0 Å². The van der Waals surface area contributed by atoms with Crippen molar-refractivity contribution < 1.29 is 9.59 Å². The molecule has 2 amide bonds. The third kappa shape index (κ3) is 5.30. The Bertz CT molecular complexity index is 1090. The number of rotatable bonds is 6. The van der Waals surface area contributed by atoms with E-state index in [9.17, 15) is 9.59 Å². The van der Waals surface area contributed by atoms with E-state index in [-0.39, 0.29) is 17.9 Å². The van der Waals surface area contributed by atoms with Crippen molar-refractivity contribution >= 4 is 17.5 Å². The molecule has 3 aromatic rings. The van der Waals surface area contributed by atoms with Crippen molar-refractivity contribution in [3.63, 3.8) is 0 Å². The van der Waals surface area contributed by atoms with Crippen LogP contribution in [0.25, 0.3) is 0 Å². The number of aryl methyl sites for hydroxylation is 2. The van der Waals surface area contributed by atoms with E-state index in [2.05, 4.69) is 10.3 Å². The van der Waals surface area contributed by atoms with Gasteiger partial charge in [-0.05, 0) is 62.6 Å². The number of hydrogen-bond acceptors (Lipinski definition) is 3. The fraction of sp³-hybridized carbons (Fsp3) is 0.321. The molecule has 2 aromatic carbocycles. The Morgan fingerprint density at radius 1 is 0.939 bits per heavy atom. The van der Waals surface area contributed by atoms with Gasteiger partial charge in [-0.15, -0.1) is 0 Å². The first kappa shape index (κ1) is 22.7. The first-order chi connectivity index (χ1) is 16.0. The predicted octanol–water partition coefficient (Wildman–Crippen LogP) is 5.54. The predicted molar refractivity (Wildman–Crippen MR) is 131 cm³/mol. The van der Waals surface area contributed by atoms with Crippen molar-refractivity contribution in [2.75, 3.05) is 4.90 Å². The fourth-order valence-corrected chi connectivity index (χ4v) is 4.61. The highest BCUT2D eigenvalue weighted by atomic mass is 16.2. The summed E-state index contributed by atoms with van der Waals surface area (Å²) >= 11 is 0. The number of aromatic nitrogens is 1. The van der Waals surface area contributed by atoms with Crippen LogP contribution in [-0.4, -0.2) is 22.8 Å². The Morgan fingerprint density at radius 3 is 2.33 bits per heavy atom. The summed E-state index contributed by atoms with van der Waals surface area (Å²) in [5, 5.41) is 3.23. The van der Waals surface area contributed by atoms with Crippen LogP contribution < -0.4 is 10.2 Å². The largest absolute Gasteiger partial charge is 0.351 e. The summed E-state index contributed by atoms with van der Waals surface area (Å²) in [5.74, 6) is -0.415. The summed E-state index contributed by atoms with van der Waals surface area (Å²) < 4.78 is 0.